The highest BCUT2D eigenvalue weighted by molar-refractivity contribution is 5.39. The number of halogens is 6. The van der Waals surface area contributed by atoms with Gasteiger partial charge in [-0.15, -0.1) is 0 Å². The van der Waals surface area contributed by atoms with Gasteiger partial charge in [-0.3, -0.25) is 0 Å². The normalized spacial score (nSPS) is 13.5. The highest BCUT2D eigenvalue weighted by Crippen LogP contribution is 2.53. The zero-order chi connectivity index (χ0) is 16.5. The molecule has 3 nitrogen and oxygen atoms in total. The third kappa shape index (κ3) is 3.08. The Labute approximate surface area is 116 Å². The number of phenols is 1. The highest BCUT2D eigenvalue weighted by Gasteiger charge is 2.73. The minimum atomic E-state index is -5.77. The van der Waals surface area contributed by atoms with E-state index in [4.69, 9.17) is 0 Å². The quantitative estimate of drug-likeness (QED) is 0.680. The number of ether oxygens (including phenoxy) is 2. The molecule has 1 aromatic carbocycles. The molecule has 0 aliphatic rings. The molecule has 0 aliphatic heterocycles. The zero-order valence-electron chi connectivity index (χ0n) is 11.0. The average molecular weight is 318 g/mol. The smallest absolute Gasteiger partial charge is 0.430 e. The van der Waals surface area contributed by atoms with E-state index in [2.05, 4.69) is 9.47 Å². The van der Waals surface area contributed by atoms with Crippen molar-refractivity contribution in [3.8, 4) is 5.75 Å². The summed E-state index contributed by atoms with van der Waals surface area (Å²) in [4.78, 5) is 0. The number of hydrogen-bond donors (Lipinski definition) is 1. The number of alkyl halides is 6. The number of hydrogen-bond acceptors (Lipinski definition) is 3. The molecule has 0 saturated carbocycles. The van der Waals surface area contributed by atoms with Crippen molar-refractivity contribution >= 4 is 0 Å². The Morgan fingerprint density at radius 3 is 1.95 bits per heavy atom. The van der Waals surface area contributed by atoms with Crippen LogP contribution < -0.4 is 0 Å². The number of aromatic hydroxyl groups is 1. The van der Waals surface area contributed by atoms with Crippen molar-refractivity contribution in [2.75, 3.05) is 13.9 Å². The molecule has 9 heteroatoms. The van der Waals surface area contributed by atoms with Crippen molar-refractivity contribution in [3.05, 3.63) is 29.3 Å². The molecular formula is C12H12F6O3. The van der Waals surface area contributed by atoms with E-state index in [-0.39, 0.29) is 5.56 Å². The van der Waals surface area contributed by atoms with Crippen LogP contribution in [0.2, 0.25) is 0 Å². The van der Waals surface area contributed by atoms with Gasteiger partial charge in [-0.2, -0.15) is 26.3 Å². The van der Waals surface area contributed by atoms with Gasteiger partial charge in [-0.25, -0.2) is 0 Å². The summed E-state index contributed by atoms with van der Waals surface area (Å²) in [5.41, 5.74) is -5.87. The number of phenolic OH excluding ortho intramolecular Hbond substituents is 1. The van der Waals surface area contributed by atoms with Crippen molar-refractivity contribution < 1.29 is 40.9 Å². The lowest BCUT2D eigenvalue weighted by molar-refractivity contribution is -0.400. The predicted octanol–water partition coefficient (Wildman–Crippen LogP) is 3.64. The molecule has 21 heavy (non-hydrogen) atoms. The molecule has 0 aromatic heterocycles. The molecule has 0 unspecified atom stereocenters. The van der Waals surface area contributed by atoms with Gasteiger partial charge in [0.2, 0.25) is 0 Å². The maximum atomic E-state index is 13.1. The number of rotatable bonds is 4. The van der Waals surface area contributed by atoms with Crippen LogP contribution in [0.3, 0.4) is 0 Å². The minimum Gasteiger partial charge on any atom is -0.508 e. The summed E-state index contributed by atoms with van der Waals surface area (Å²) in [6, 6.07) is 1.83. The molecule has 0 spiro atoms. The van der Waals surface area contributed by atoms with Crippen LogP contribution in [0.4, 0.5) is 26.3 Å². The Balaban J connectivity index is 3.58. The summed E-state index contributed by atoms with van der Waals surface area (Å²) in [6.07, 6.45) is -11.5. The third-order valence-electron chi connectivity index (χ3n) is 2.80. The molecule has 120 valence electrons. The van der Waals surface area contributed by atoms with Crippen LogP contribution >= 0.6 is 0 Å². The van der Waals surface area contributed by atoms with Crippen molar-refractivity contribution in [2.24, 2.45) is 0 Å². The number of methoxy groups -OCH3 is 1. The second-order valence-electron chi connectivity index (χ2n) is 4.23. The van der Waals surface area contributed by atoms with E-state index in [0.717, 1.165) is 13.2 Å². The van der Waals surface area contributed by atoms with E-state index >= 15 is 0 Å². The van der Waals surface area contributed by atoms with E-state index in [0.29, 0.717) is 12.1 Å². The maximum absolute atomic E-state index is 13.1. The highest BCUT2D eigenvalue weighted by atomic mass is 19.4. The van der Waals surface area contributed by atoms with Crippen LogP contribution in [0.5, 0.6) is 5.75 Å². The second-order valence-corrected chi connectivity index (χ2v) is 4.23. The summed E-state index contributed by atoms with van der Waals surface area (Å²) in [7, 11) is 0.902. The van der Waals surface area contributed by atoms with Crippen LogP contribution in [0.1, 0.15) is 11.1 Å². The Hall–Kier alpha value is -1.48. The van der Waals surface area contributed by atoms with Crippen molar-refractivity contribution in [1.29, 1.82) is 0 Å². The number of benzene rings is 1. The van der Waals surface area contributed by atoms with Crippen LogP contribution in [0, 0.1) is 6.92 Å². The standard InChI is InChI=1S/C12H12F6O3/c1-7-5-8(3-4-9(7)19)10(11(13,14)15,12(16,17)18)21-6-20-2/h3-5,19H,6H2,1-2H3. The monoisotopic (exact) mass is 318 g/mol. The summed E-state index contributed by atoms with van der Waals surface area (Å²) in [5.74, 6) is -0.427. The fourth-order valence-corrected chi connectivity index (χ4v) is 1.76. The lowest BCUT2D eigenvalue weighted by Gasteiger charge is -2.37. The van der Waals surface area contributed by atoms with E-state index < -0.39 is 36.1 Å². The molecule has 1 N–H and O–H groups in total. The van der Waals surface area contributed by atoms with Gasteiger partial charge in [0.15, 0.2) is 0 Å². The molecule has 0 saturated heterocycles. The molecule has 1 rings (SSSR count). The fraction of sp³-hybridized carbons (Fsp3) is 0.500. The molecular weight excluding hydrogens is 306 g/mol. The topological polar surface area (TPSA) is 38.7 Å². The van der Waals surface area contributed by atoms with Gasteiger partial charge in [0, 0.05) is 12.7 Å². The first-order chi connectivity index (χ1) is 9.47. The second kappa shape index (κ2) is 5.72. The Kier molecular flexibility index (Phi) is 4.79. The fourth-order valence-electron chi connectivity index (χ4n) is 1.76. The lowest BCUT2D eigenvalue weighted by atomic mass is 9.90. The Bertz CT molecular complexity index is 481. The zero-order valence-corrected chi connectivity index (χ0v) is 11.0. The number of aryl methyl sites for hydroxylation is 1. The summed E-state index contributed by atoms with van der Waals surface area (Å²) < 4.78 is 87.1. The van der Waals surface area contributed by atoms with E-state index in [1.807, 2.05) is 0 Å². The lowest BCUT2D eigenvalue weighted by Crippen LogP contribution is -2.56. The van der Waals surface area contributed by atoms with Gasteiger partial charge in [0.1, 0.15) is 12.5 Å². The maximum Gasteiger partial charge on any atom is 0.430 e. The molecule has 0 heterocycles. The Morgan fingerprint density at radius 1 is 1.05 bits per heavy atom. The minimum absolute atomic E-state index is 0.147. The van der Waals surface area contributed by atoms with Crippen LogP contribution in [-0.4, -0.2) is 31.4 Å². The van der Waals surface area contributed by atoms with Gasteiger partial charge in [0.25, 0.3) is 5.60 Å². The van der Waals surface area contributed by atoms with Crippen molar-refractivity contribution in [3.63, 3.8) is 0 Å². The summed E-state index contributed by atoms with van der Waals surface area (Å²) >= 11 is 0. The molecule has 0 radical (unpaired) electrons. The first-order valence-corrected chi connectivity index (χ1v) is 5.54. The molecule has 0 aliphatic carbocycles. The predicted molar refractivity (Wildman–Crippen MR) is 59.6 cm³/mol. The molecule has 0 amide bonds. The largest absolute Gasteiger partial charge is 0.508 e. The molecule has 0 atom stereocenters. The molecule has 1 aromatic rings. The SMILES string of the molecule is COCOC(c1ccc(O)c(C)c1)(C(F)(F)F)C(F)(F)F. The molecule has 0 fully saturated rings. The van der Waals surface area contributed by atoms with Gasteiger partial charge >= 0.3 is 12.4 Å². The van der Waals surface area contributed by atoms with Crippen molar-refractivity contribution in [2.45, 2.75) is 24.9 Å². The summed E-state index contributed by atoms with van der Waals surface area (Å²) in [5, 5.41) is 9.26. The average Bonchev–Trinajstić information content (AvgIpc) is 2.31. The first-order valence-electron chi connectivity index (χ1n) is 5.54. The van der Waals surface area contributed by atoms with E-state index in [1.165, 1.54) is 6.92 Å². The van der Waals surface area contributed by atoms with Gasteiger partial charge in [-0.05, 0) is 24.6 Å². The van der Waals surface area contributed by atoms with E-state index in [9.17, 15) is 31.4 Å². The van der Waals surface area contributed by atoms with E-state index in [1.54, 1.807) is 0 Å². The van der Waals surface area contributed by atoms with Crippen LogP contribution in [-0.2, 0) is 15.1 Å². The third-order valence-corrected chi connectivity index (χ3v) is 2.80. The van der Waals surface area contributed by atoms with Gasteiger partial charge in [0.05, 0.1) is 0 Å². The van der Waals surface area contributed by atoms with Gasteiger partial charge < -0.3 is 14.6 Å². The van der Waals surface area contributed by atoms with Crippen molar-refractivity contribution in [1.82, 2.24) is 0 Å². The summed E-state index contributed by atoms with van der Waals surface area (Å²) in [6.45, 7) is -0.0361. The van der Waals surface area contributed by atoms with Crippen LogP contribution in [0.15, 0.2) is 18.2 Å². The first kappa shape index (κ1) is 17.6. The molecule has 0 bridgehead atoms. The van der Waals surface area contributed by atoms with Crippen LogP contribution in [0.25, 0.3) is 0 Å². The Morgan fingerprint density at radius 2 is 1.57 bits per heavy atom. The van der Waals surface area contributed by atoms with Gasteiger partial charge in [-0.1, -0.05) is 6.07 Å².